The summed E-state index contributed by atoms with van der Waals surface area (Å²) in [6.45, 7) is 0.687. The summed E-state index contributed by atoms with van der Waals surface area (Å²) in [7, 11) is 0. The minimum absolute atomic E-state index is 0.0549. The van der Waals surface area contributed by atoms with Crippen molar-refractivity contribution in [3.8, 4) is 0 Å². The van der Waals surface area contributed by atoms with Gasteiger partial charge in [-0.15, -0.1) is 0 Å². The molecule has 2 amide bonds. The van der Waals surface area contributed by atoms with E-state index in [0.29, 0.717) is 24.1 Å². The summed E-state index contributed by atoms with van der Waals surface area (Å²) in [5.74, 6) is -1.62. The van der Waals surface area contributed by atoms with E-state index in [-0.39, 0.29) is 37.4 Å². The van der Waals surface area contributed by atoms with Crippen molar-refractivity contribution in [3.05, 3.63) is 70.8 Å². The minimum Gasteiger partial charge on any atom is -0.481 e. The molecule has 32 heavy (non-hydrogen) atoms. The Kier molecular flexibility index (Phi) is 6.67. The Hall–Kier alpha value is -3.03. The summed E-state index contributed by atoms with van der Waals surface area (Å²) < 4.78 is 0. The predicted molar refractivity (Wildman–Crippen MR) is 118 cm³/mol. The lowest BCUT2D eigenvalue weighted by molar-refractivity contribution is -0.137. The van der Waals surface area contributed by atoms with E-state index >= 15 is 0 Å². The average Bonchev–Trinajstić information content (AvgIpc) is 3.03. The Morgan fingerprint density at radius 3 is 2.41 bits per heavy atom. The smallest absolute Gasteiger partial charge is 0.303 e. The van der Waals surface area contributed by atoms with E-state index in [4.69, 9.17) is 5.11 Å². The number of amides is 2. The fraction of sp³-hybridized carbons (Fsp3) is 0.400. The number of β-amino-alcohol motifs (C(OH)–C–C–N with tert-alkyl or cyclic N) is 1. The Labute approximate surface area is 187 Å². The number of imide groups is 1. The van der Waals surface area contributed by atoms with E-state index in [9.17, 15) is 19.5 Å². The number of carbonyl (C=O) groups is 3. The molecule has 2 aromatic rings. The van der Waals surface area contributed by atoms with Crippen LogP contribution in [0, 0.1) is 0 Å². The first-order chi connectivity index (χ1) is 15.5. The maximum absolute atomic E-state index is 12.7. The largest absolute Gasteiger partial charge is 0.481 e. The van der Waals surface area contributed by atoms with E-state index in [2.05, 4.69) is 17.0 Å². The molecule has 0 saturated heterocycles. The van der Waals surface area contributed by atoms with Crippen LogP contribution < -0.4 is 0 Å². The monoisotopic (exact) mass is 436 g/mol. The van der Waals surface area contributed by atoms with E-state index < -0.39 is 12.1 Å². The van der Waals surface area contributed by atoms with Gasteiger partial charge in [-0.05, 0) is 55.5 Å². The van der Waals surface area contributed by atoms with Crippen LogP contribution in [0.15, 0.2) is 48.5 Å². The van der Waals surface area contributed by atoms with Gasteiger partial charge < -0.3 is 10.2 Å². The van der Waals surface area contributed by atoms with Crippen molar-refractivity contribution in [2.45, 2.75) is 44.2 Å². The lowest BCUT2D eigenvalue weighted by Crippen LogP contribution is -2.44. The number of hydrogen-bond donors (Lipinski definition) is 2. The van der Waals surface area contributed by atoms with Gasteiger partial charge in [-0.25, -0.2) is 0 Å². The van der Waals surface area contributed by atoms with Gasteiger partial charge in [0, 0.05) is 19.0 Å². The first-order valence-electron chi connectivity index (χ1n) is 11.1. The minimum atomic E-state index is -0.934. The van der Waals surface area contributed by atoms with Crippen molar-refractivity contribution in [3.63, 3.8) is 0 Å². The van der Waals surface area contributed by atoms with E-state index in [0.717, 1.165) is 24.2 Å². The van der Waals surface area contributed by atoms with Crippen LogP contribution in [0.4, 0.5) is 0 Å². The molecule has 0 aromatic heterocycles. The number of fused-ring (bicyclic) bond motifs is 2. The predicted octanol–water partition coefficient (Wildman–Crippen LogP) is 2.89. The molecule has 0 spiro atoms. The molecule has 1 heterocycles. The first-order valence-corrected chi connectivity index (χ1v) is 11.1. The number of aryl methyl sites for hydroxylation is 1. The van der Waals surface area contributed by atoms with Crippen LogP contribution in [0.1, 0.15) is 63.6 Å². The Bertz CT molecular complexity index is 986. The number of hydrogen-bond acceptors (Lipinski definition) is 5. The normalized spacial score (nSPS) is 18.6. The molecule has 2 aliphatic rings. The lowest BCUT2D eigenvalue weighted by Gasteiger charge is -2.37. The van der Waals surface area contributed by atoms with Crippen LogP contribution in [0.25, 0.3) is 0 Å². The molecule has 0 radical (unpaired) electrons. The van der Waals surface area contributed by atoms with E-state index in [1.165, 1.54) is 11.1 Å². The summed E-state index contributed by atoms with van der Waals surface area (Å²) in [5.41, 5.74) is 3.22. The van der Waals surface area contributed by atoms with Crippen LogP contribution in [-0.4, -0.2) is 63.5 Å². The number of benzene rings is 2. The van der Waals surface area contributed by atoms with Gasteiger partial charge in [0.15, 0.2) is 0 Å². The number of nitrogens with zero attached hydrogens (tertiary/aromatic N) is 2. The third kappa shape index (κ3) is 4.59. The molecule has 2 atom stereocenters. The quantitative estimate of drug-likeness (QED) is 0.587. The van der Waals surface area contributed by atoms with Gasteiger partial charge in [0.25, 0.3) is 11.8 Å². The van der Waals surface area contributed by atoms with Crippen molar-refractivity contribution in [1.82, 2.24) is 9.80 Å². The van der Waals surface area contributed by atoms with Crippen molar-refractivity contribution in [2.24, 2.45) is 0 Å². The zero-order chi connectivity index (χ0) is 22.7. The summed E-state index contributed by atoms with van der Waals surface area (Å²) in [6.07, 6.45) is 2.53. The highest BCUT2D eigenvalue weighted by molar-refractivity contribution is 6.21. The van der Waals surface area contributed by atoms with Gasteiger partial charge in [0.2, 0.25) is 0 Å². The van der Waals surface area contributed by atoms with Crippen LogP contribution >= 0.6 is 0 Å². The second-order valence-electron chi connectivity index (χ2n) is 8.52. The topological polar surface area (TPSA) is 98.1 Å². The second-order valence-corrected chi connectivity index (χ2v) is 8.52. The number of carboxylic acid groups (broad SMARTS) is 1. The molecule has 7 heteroatoms. The van der Waals surface area contributed by atoms with Crippen molar-refractivity contribution < 1.29 is 24.6 Å². The molecule has 2 aromatic carbocycles. The van der Waals surface area contributed by atoms with Crippen LogP contribution in [0.2, 0.25) is 0 Å². The summed E-state index contributed by atoms with van der Waals surface area (Å²) in [6, 6.07) is 15.0. The fourth-order valence-electron chi connectivity index (χ4n) is 4.86. The molecule has 168 valence electrons. The lowest BCUT2D eigenvalue weighted by atomic mass is 9.86. The third-order valence-corrected chi connectivity index (χ3v) is 6.33. The molecule has 7 nitrogen and oxygen atoms in total. The van der Waals surface area contributed by atoms with Gasteiger partial charge in [-0.2, -0.15) is 0 Å². The number of carboxylic acids is 1. The Morgan fingerprint density at radius 1 is 1.06 bits per heavy atom. The number of rotatable bonds is 9. The van der Waals surface area contributed by atoms with Crippen molar-refractivity contribution in [2.75, 3.05) is 19.6 Å². The van der Waals surface area contributed by atoms with Gasteiger partial charge in [0.1, 0.15) is 0 Å². The average molecular weight is 437 g/mol. The molecule has 2 N–H and O–H groups in total. The highest BCUT2D eigenvalue weighted by Gasteiger charge is 2.37. The highest BCUT2D eigenvalue weighted by atomic mass is 16.4. The second kappa shape index (κ2) is 9.63. The van der Waals surface area contributed by atoms with Gasteiger partial charge >= 0.3 is 5.97 Å². The number of carbonyl (C=O) groups excluding carboxylic acids is 2. The molecule has 2 unspecified atom stereocenters. The van der Waals surface area contributed by atoms with Gasteiger partial charge in [0.05, 0.1) is 23.8 Å². The summed E-state index contributed by atoms with van der Waals surface area (Å²) >= 11 is 0. The third-order valence-electron chi connectivity index (χ3n) is 6.33. The summed E-state index contributed by atoms with van der Waals surface area (Å²) in [5, 5.41) is 19.9. The molecule has 0 bridgehead atoms. The molecule has 1 aliphatic heterocycles. The highest BCUT2D eigenvalue weighted by Crippen LogP contribution is 2.34. The van der Waals surface area contributed by atoms with E-state index in [1.807, 2.05) is 12.1 Å². The molecule has 0 fully saturated rings. The fourth-order valence-corrected chi connectivity index (χ4v) is 4.86. The van der Waals surface area contributed by atoms with Gasteiger partial charge in [-0.1, -0.05) is 36.4 Å². The number of aliphatic carboxylic acids is 1. The van der Waals surface area contributed by atoms with Crippen molar-refractivity contribution >= 4 is 17.8 Å². The maximum Gasteiger partial charge on any atom is 0.303 e. The Balaban J connectivity index is 1.48. The Morgan fingerprint density at radius 2 is 1.72 bits per heavy atom. The zero-order valence-corrected chi connectivity index (χ0v) is 17.9. The maximum atomic E-state index is 12.7. The van der Waals surface area contributed by atoms with E-state index in [1.54, 1.807) is 24.3 Å². The van der Waals surface area contributed by atoms with Crippen LogP contribution in [-0.2, 0) is 11.2 Å². The van der Waals surface area contributed by atoms with Crippen molar-refractivity contribution in [1.29, 1.82) is 0 Å². The molecule has 0 saturated carbocycles. The number of aliphatic hydroxyl groups excluding tert-OH is 1. The zero-order valence-electron chi connectivity index (χ0n) is 17.9. The standard InChI is InChI=1S/C25H28N2O5/c28-18(16-27-24(31)20-10-3-4-11-21(20)25(27)32)15-26(14-6-13-23(29)30)22-12-5-8-17-7-1-2-9-19(17)22/h1-4,7,9-11,18,22,28H,5-6,8,12-16H2,(H,29,30). The molecule has 1 aliphatic carbocycles. The molecular weight excluding hydrogens is 408 g/mol. The molecular formula is C25H28N2O5. The number of aliphatic hydroxyl groups is 1. The first kappa shape index (κ1) is 22.2. The SMILES string of the molecule is O=C(O)CCCN(CC(O)CN1C(=O)c2ccccc2C1=O)C1CCCc2ccccc21. The molecule has 4 rings (SSSR count). The van der Waals surface area contributed by atoms with Gasteiger partial charge in [-0.3, -0.25) is 24.2 Å². The summed E-state index contributed by atoms with van der Waals surface area (Å²) in [4.78, 5) is 39.6. The van der Waals surface area contributed by atoms with Crippen LogP contribution in [0.3, 0.4) is 0 Å². The van der Waals surface area contributed by atoms with Crippen LogP contribution in [0.5, 0.6) is 0 Å².